The van der Waals surface area contributed by atoms with E-state index in [0.29, 0.717) is 0 Å². The van der Waals surface area contributed by atoms with Crippen molar-refractivity contribution < 1.29 is 0 Å². The molecule has 0 atom stereocenters. The maximum absolute atomic E-state index is 4.53. The first-order chi connectivity index (χ1) is 9.93. The molecular weight excluding hydrogens is 246 g/mol. The number of fused-ring (bicyclic) bond motifs is 3. The second kappa shape index (κ2) is 4.75. The molecule has 0 radical (unpaired) electrons. The maximum Gasteiger partial charge on any atom is 0.144 e. The van der Waals surface area contributed by atoms with Gasteiger partial charge in [0.15, 0.2) is 0 Å². The highest BCUT2D eigenvalue weighted by Gasteiger charge is 2.20. The van der Waals surface area contributed by atoms with Crippen molar-refractivity contribution in [3.05, 3.63) is 59.7 Å². The third-order valence-corrected chi connectivity index (χ3v) is 4.22. The van der Waals surface area contributed by atoms with Crippen LogP contribution in [-0.2, 0) is 19.4 Å². The summed E-state index contributed by atoms with van der Waals surface area (Å²) in [6.07, 6.45) is 8.54. The van der Waals surface area contributed by atoms with Gasteiger partial charge < -0.3 is 4.57 Å². The SMILES string of the molecule is c1ccc(Cn2c3c(c4cncnc42)CCCC3)cc1. The molecule has 0 amide bonds. The summed E-state index contributed by atoms with van der Waals surface area (Å²) in [6, 6.07) is 10.6. The van der Waals surface area contributed by atoms with Crippen LogP contribution in [0.5, 0.6) is 0 Å². The topological polar surface area (TPSA) is 30.7 Å². The molecule has 1 aromatic carbocycles. The molecule has 0 bridgehead atoms. The van der Waals surface area contributed by atoms with Gasteiger partial charge in [-0.3, -0.25) is 0 Å². The summed E-state index contributed by atoms with van der Waals surface area (Å²) in [6.45, 7) is 0.906. The Bertz CT molecular complexity index is 744. The Balaban J connectivity index is 1.89. The lowest BCUT2D eigenvalue weighted by Gasteiger charge is -2.15. The Morgan fingerprint density at radius 2 is 1.90 bits per heavy atom. The summed E-state index contributed by atoms with van der Waals surface area (Å²) in [5.41, 5.74) is 5.37. The van der Waals surface area contributed by atoms with E-state index in [9.17, 15) is 0 Å². The Hall–Kier alpha value is -2.16. The zero-order chi connectivity index (χ0) is 13.4. The number of rotatable bonds is 2. The fourth-order valence-electron chi connectivity index (χ4n) is 3.29. The van der Waals surface area contributed by atoms with E-state index in [2.05, 4.69) is 44.9 Å². The van der Waals surface area contributed by atoms with Crippen LogP contribution >= 0.6 is 0 Å². The summed E-state index contributed by atoms with van der Waals surface area (Å²) < 4.78 is 2.39. The molecule has 2 heterocycles. The summed E-state index contributed by atoms with van der Waals surface area (Å²) in [5.74, 6) is 0. The van der Waals surface area contributed by atoms with Gasteiger partial charge in [-0.15, -0.1) is 0 Å². The van der Waals surface area contributed by atoms with Crippen molar-refractivity contribution in [1.82, 2.24) is 14.5 Å². The van der Waals surface area contributed by atoms with Gasteiger partial charge in [-0.05, 0) is 36.8 Å². The van der Waals surface area contributed by atoms with Gasteiger partial charge in [0, 0.05) is 23.8 Å². The predicted molar refractivity (Wildman–Crippen MR) is 79.7 cm³/mol. The second-order valence-corrected chi connectivity index (χ2v) is 5.46. The van der Waals surface area contributed by atoms with Gasteiger partial charge in [0.2, 0.25) is 0 Å². The largest absolute Gasteiger partial charge is 0.325 e. The molecule has 3 nitrogen and oxygen atoms in total. The van der Waals surface area contributed by atoms with Gasteiger partial charge in [-0.2, -0.15) is 0 Å². The summed E-state index contributed by atoms with van der Waals surface area (Å²) >= 11 is 0. The number of nitrogens with zero attached hydrogens (tertiary/aromatic N) is 3. The molecule has 0 unspecified atom stereocenters. The highest BCUT2D eigenvalue weighted by molar-refractivity contribution is 5.81. The fraction of sp³-hybridized carbons (Fsp3) is 0.294. The molecule has 0 spiro atoms. The highest BCUT2D eigenvalue weighted by Crippen LogP contribution is 2.31. The van der Waals surface area contributed by atoms with Gasteiger partial charge in [-0.25, -0.2) is 9.97 Å². The predicted octanol–water partition coefficient (Wildman–Crippen LogP) is 3.36. The van der Waals surface area contributed by atoms with Gasteiger partial charge in [0.05, 0.1) is 0 Å². The lowest BCUT2D eigenvalue weighted by Crippen LogP contribution is -2.09. The standard InChI is InChI=1S/C17H17N3/c1-2-6-13(7-3-1)11-20-16-9-5-4-8-14(16)15-10-18-12-19-17(15)20/h1-3,6-7,10,12H,4-5,8-9,11H2. The van der Waals surface area contributed by atoms with Crippen molar-refractivity contribution in [3.8, 4) is 0 Å². The van der Waals surface area contributed by atoms with Crippen LogP contribution in [0, 0.1) is 0 Å². The average Bonchev–Trinajstić information content (AvgIpc) is 2.84. The minimum absolute atomic E-state index is 0.906. The second-order valence-electron chi connectivity index (χ2n) is 5.46. The Kier molecular flexibility index (Phi) is 2.76. The van der Waals surface area contributed by atoms with Crippen LogP contribution in [0.1, 0.15) is 29.7 Å². The fourth-order valence-corrected chi connectivity index (χ4v) is 3.29. The number of hydrogen-bond donors (Lipinski definition) is 0. The van der Waals surface area contributed by atoms with Gasteiger partial charge in [0.1, 0.15) is 12.0 Å². The molecule has 2 aromatic heterocycles. The van der Waals surface area contributed by atoms with Gasteiger partial charge >= 0.3 is 0 Å². The number of aryl methyl sites for hydroxylation is 1. The van der Waals surface area contributed by atoms with Crippen molar-refractivity contribution in [1.29, 1.82) is 0 Å². The summed E-state index contributed by atoms with van der Waals surface area (Å²) in [4.78, 5) is 8.75. The molecule has 0 saturated carbocycles. The van der Waals surface area contributed by atoms with E-state index in [-0.39, 0.29) is 0 Å². The molecule has 3 heteroatoms. The first-order valence-electron chi connectivity index (χ1n) is 7.27. The lowest BCUT2D eigenvalue weighted by molar-refractivity contribution is 0.636. The molecule has 100 valence electrons. The molecule has 4 rings (SSSR count). The number of benzene rings is 1. The van der Waals surface area contributed by atoms with Gasteiger partial charge in [-0.1, -0.05) is 30.3 Å². The van der Waals surface area contributed by atoms with E-state index in [1.54, 1.807) is 6.33 Å². The van der Waals surface area contributed by atoms with Crippen LogP contribution in [0.25, 0.3) is 11.0 Å². The monoisotopic (exact) mass is 263 g/mol. The van der Waals surface area contributed by atoms with Crippen molar-refractivity contribution in [2.75, 3.05) is 0 Å². The van der Waals surface area contributed by atoms with E-state index >= 15 is 0 Å². The van der Waals surface area contributed by atoms with Crippen LogP contribution in [-0.4, -0.2) is 14.5 Å². The molecular formula is C17H17N3. The van der Waals surface area contributed by atoms with Crippen molar-refractivity contribution in [3.63, 3.8) is 0 Å². The summed E-state index contributed by atoms with van der Waals surface area (Å²) in [7, 11) is 0. The van der Waals surface area contributed by atoms with Gasteiger partial charge in [0.25, 0.3) is 0 Å². The quantitative estimate of drug-likeness (QED) is 0.710. The van der Waals surface area contributed by atoms with Crippen LogP contribution < -0.4 is 0 Å². The first kappa shape index (κ1) is 11.6. The molecule has 0 N–H and O–H groups in total. The average molecular weight is 263 g/mol. The maximum atomic E-state index is 4.53. The van der Waals surface area contributed by atoms with Crippen LogP contribution in [0.3, 0.4) is 0 Å². The molecule has 0 saturated heterocycles. The summed E-state index contributed by atoms with van der Waals surface area (Å²) in [5, 5.41) is 1.25. The van der Waals surface area contributed by atoms with Crippen molar-refractivity contribution >= 4 is 11.0 Å². The van der Waals surface area contributed by atoms with Crippen molar-refractivity contribution in [2.24, 2.45) is 0 Å². The molecule has 3 aromatic rings. The van der Waals surface area contributed by atoms with E-state index < -0.39 is 0 Å². The van der Waals surface area contributed by atoms with E-state index in [1.807, 2.05) is 6.20 Å². The van der Waals surface area contributed by atoms with Crippen LogP contribution in [0.15, 0.2) is 42.9 Å². The molecule has 0 aliphatic heterocycles. The Morgan fingerprint density at radius 3 is 2.80 bits per heavy atom. The van der Waals surface area contributed by atoms with E-state index in [1.165, 1.54) is 47.9 Å². The normalized spacial score (nSPS) is 14.4. The molecule has 1 aliphatic rings. The van der Waals surface area contributed by atoms with E-state index in [4.69, 9.17) is 0 Å². The molecule has 1 aliphatic carbocycles. The van der Waals surface area contributed by atoms with Crippen LogP contribution in [0.2, 0.25) is 0 Å². The molecule has 20 heavy (non-hydrogen) atoms. The van der Waals surface area contributed by atoms with E-state index in [0.717, 1.165) is 12.2 Å². The van der Waals surface area contributed by atoms with Crippen molar-refractivity contribution in [2.45, 2.75) is 32.2 Å². The third-order valence-electron chi connectivity index (χ3n) is 4.22. The third kappa shape index (κ3) is 1.82. The molecule has 0 fully saturated rings. The Labute approximate surface area is 118 Å². The zero-order valence-corrected chi connectivity index (χ0v) is 11.4. The minimum Gasteiger partial charge on any atom is -0.325 e. The highest BCUT2D eigenvalue weighted by atomic mass is 15.1. The minimum atomic E-state index is 0.906. The first-order valence-corrected chi connectivity index (χ1v) is 7.27. The van der Waals surface area contributed by atoms with Crippen LogP contribution in [0.4, 0.5) is 0 Å². The Morgan fingerprint density at radius 1 is 1.05 bits per heavy atom. The smallest absolute Gasteiger partial charge is 0.144 e. The lowest BCUT2D eigenvalue weighted by atomic mass is 9.96. The number of aromatic nitrogens is 3. The number of hydrogen-bond acceptors (Lipinski definition) is 2. The zero-order valence-electron chi connectivity index (χ0n) is 11.4.